The van der Waals surface area contributed by atoms with Crippen LogP contribution in [-0.4, -0.2) is 23.3 Å². The van der Waals surface area contributed by atoms with Gasteiger partial charge in [0.1, 0.15) is 0 Å². The van der Waals surface area contributed by atoms with Crippen molar-refractivity contribution in [1.82, 2.24) is 10.3 Å². The number of aromatic nitrogens is 1. The largest absolute Gasteiger partial charge is 0.347 e. The normalized spacial score (nSPS) is 18.9. The summed E-state index contributed by atoms with van der Waals surface area (Å²) < 4.78 is 2.12. The summed E-state index contributed by atoms with van der Waals surface area (Å²) in [4.78, 5) is 30.1. The van der Waals surface area contributed by atoms with E-state index in [9.17, 15) is 9.59 Å². The first-order valence-corrected chi connectivity index (χ1v) is 11.8. The van der Waals surface area contributed by atoms with Crippen molar-refractivity contribution in [3.8, 4) is 0 Å². The minimum atomic E-state index is -0.221. The number of para-hydroxylation sites is 1. The molecule has 1 heterocycles. The van der Waals surface area contributed by atoms with Gasteiger partial charge in [0.2, 0.25) is 11.8 Å². The van der Waals surface area contributed by atoms with Crippen LogP contribution in [0.5, 0.6) is 0 Å². The van der Waals surface area contributed by atoms with Gasteiger partial charge in [-0.1, -0.05) is 40.9 Å². The van der Waals surface area contributed by atoms with Crippen molar-refractivity contribution in [3.63, 3.8) is 0 Å². The first-order chi connectivity index (χ1) is 14.5. The van der Waals surface area contributed by atoms with Crippen molar-refractivity contribution in [1.29, 1.82) is 0 Å². The van der Waals surface area contributed by atoms with Gasteiger partial charge in [0.05, 0.1) is 21.8 Å². The molecule has 2 amide bonds. The molecule has 1 saturated carbocycles. The Morgan fingerprint density at radius 3 is 2.77 bits per heavy atom. The maximum atomic E-state index is 12.9. The van der Waals surface area contributed by atoms with Gasteiger partial charge in [0, 0.05) is 22.0 Å². The van der Waals surface area contributed by atoms with Crippen LogP contribution < -0.4 is 10.6 Å². The van der Waals surface area contributed by atoms with Crippen LogP contribution in [0.25, 0.3) is 10.2 Å². The quantitative estimate of drug-likeness (QED) is 0.508. The van der Waals surface area contributed by atoms with Crippen LogP contribution in [0.3, 0.4) is 0 Å². The van der Waals surface area contributed by atoms with E-state index in [0.29, 0.717) is 0 Å². The molecule has 0 saturated heterocycles. The molecule has 156 valence electrons. The van der Waals surface area contributed by atoms with Gasteiger partial charge in [-0.05, 0) is 55.7 Å². The smallest absolute Gasteiger partial charge is 0.243 e. The highest BCUT2D eigenvalue weighted by molar-refractivity contribution is 9.10. The van der Waals surface area contributed by atoms with E-state index in [1.54, 1.807) is 11.3 Å². The molecule has 1 fully saturated rings. The first kappa shape index (κ1) is 21.0. The number of hydrogen-bond acceptors (Lipinski definition) is 4. The summed E-state index contributed by atoms with van der Waals surface area (Å²) in [5.41, 5.74) is 2.71. The average Bonchev–Trinajstić information content (AvgIpc) is 3.18. The Morgan fingerprint density at radius 2 is 1.97 bits per heavy atom. The third-order valence-corrected chi connectivity index (χ3v) is 7.28. The van der Waals surface area contributed by atoms with Crippen molar-refractivity contribution >= 4 is 55.0 Å². The molecule has 30 heavy (non-hydrogen) atoms. The lowest BCUT2D eigenvalue weighted by molar-refractivity contribution is -0.128. The molecule has 2 aromatic carbocycles. The fourth-order valence-electron chi connectivity index (χ4n) is 4.05. The summed E-state index contributed by atoms with van der Waals surface area (Å²) in [6.07, 6.45) is 3.93. The van der Waals surface area contributed by atoms with Crippen LogP contribution in [0.2, 0.25) is 0 Å². The maximum absolute atomic E-state index is 12.9. The highest BCUT2D eigenvalue weighted by atomic mass is 79.9. The lowest BCUT2D eigenvalue weighted by Gasteiger charge is -2.29. The van der Waals surface area contributed by atoms with Crippen LogP contribution in [0.1, 0.15) is 42.2 Å². The van der Waals surface area contributed by atoms with E-state index in [1.807, 2.05) is 43.3 Å². The van der Waals surface area contributed by atoms with Crippen molar-refractivity contribution < 1.29 is 9.59 Å². The second-order valence-corrected chi connectivity index (χ2v) is 9.72. The van der Waals surface area contributed by atoms with Crippen LogP contribution >= 0.6 is 27.3 Å². The lowest BCUT2D eigenvalue weighted by atomic mass is 9.79. The second-order valence-electron chi connectivity index (χ2n) is 7.74. The van der Waals surface area contributed by atoms with Crippen molar-refractivity contribution in [3.05, 3.63) is 57.5 Å². The Morgan fingerprint density at radius 1 is 1.17 bits per heavy atom. The summed E-state index contributed by atoms with van der Waals surface area (Å²) in [6.45, 7) is 1.90. The van der Waals surface area contributed by atoms with E-state index >= 15 is 0 Å². The van der Waals surface area contributed by atoms with Crippen LogP contribution in [-0.2, 0) is 9.59 Å². The van der Waals surface area contributed by atoms with Gasteiger partial charge in [-0.15, -0.1) is 11.3 Å². The Bertz CT molecular complexity index is 1050. The number of amides is 2. The van der Waals surface area contributed by atoms with E-state index in [4.69, 9.17) is 4.98 Å². The average molecular weight is 486 g/mol. The topological polar surface area (TPSA) is 71.1 Å². The number of carbonyl (C=O) groups is 2. The predicted octanol–water partition coefficient (Wildman–Crippen LogP) is 5.40. The van der Waals surface area contributed by atoms with Crippen molar-refractivity contribution in [2.24, 2.45) is 5.92 Å². The molecule has 2 atom stereocenters. The zero-order valence-electron chi connectivity index (χ0n) is 16.8. The van der Waals surface area contributed by atoms with E-state index in [1.165, 1.54) is 0 Å². The summed E-state index contributed by atoms with van der Waals surface area (Å²) in [7, 11) is 0. The summed E-state index contributed by atoms with van der Waals surface area (Å²) in [5, 5.41) is 6.76. The van der Waals surface area contributed by atoms with Gasteiger partial charge >= 0.3 is 0 Å². The Balaban J connectivity index is 1.40. The molecule has 0 radical (unpaired) electrons. The number of nitrogens with one attached hydrogen (secondary N) is 2. The number of thiazole rings is 1. The minimum Gasteiger partial charge on any atom is -0.347 e. The van der Waals surface area contributed by atoms with Crippen molar-refractivity contribution in [2.45, 2.75) is 38.5 Å². The third-order valence-electron chi connectivity index (χ3n) is 5.62. The standard InChI is InChI=1S/C23H24BrN3O2S/c1-14-12-15(24)10-11-18(14)26-21(28)13-25-22(29)16-6-2-3-7-17(16)23-27-19-8-4-5-9-20(19)30-23/h4-5,8-12,16-17H,2-3,6-7,13H2,1H3,(H,25,29)(H,26,28)/t16-,17-/m0/s1. The Kier molecular flexibility index (Phi) is 6.49. The fourth-order valence-corrected chi connectivity index (χ4v) is 5.69. The number of aryl methyl sites for hydroxylation is 1. The van der Waals surface area contributed by atoms with Gasteiger partial charge in [0.15, 0.2) is 0 Å². The third kappa shape index (κ3) is 4.73. The van der Waals surface area contributed by atoms with Gasteiger partial charge in [-0.3, -0.25) is 9.59 Å². The number of carbonyl (C=O) groups excluding carboxylic acids is 2. The number of fused-ring (bicyclic) bond motifs is 1. The molecule has 1 aromatic heterocycles. The number of anilines is 1. The molecular weight excluding hydrogens is 462 g/mol. The first-order valence-electron chi connectivity index (χ1n) is 10.2. The Hall–Kier alpha value is -2.25. The number of hydrogen-bond donors (Lipinski definition) is 2. The highest BCUT2D eigenvalue weighted by Crippen LogP contribution is 2.40. The van der Waals surface area contributed by atoms with E-state index in [2.05, 4.69) is 32.6 Å². The molecule has 2 N–H and O–H groups in total. The van der Waals surface area contributed by atoms with Crippen LogP contribution in [0.15, 0.2) is 46.9 Å². The zero-order chi connectivity index (χ0) is 21.1. The number of nitrogens with zero attached hydrogens (tertiary/aromatic N) is 1. The van der Waals surface area contributed by atoms with Gasteiger partial charge in [-0.25, -0.2) is 4.98 Å². The summed E-state index contributed by atoms with van der Waals surface area (Å²) in [5.74, 6) is -0.294. The molecule has 0 unspecified atom stereocenters. The number of benzene rings is 2. The monoisotopic (exact) mass is 485 g/mol. The second kappa shape index (κ2) is 9.27. The maximum Gasteiger partial charge on any atom is 0.243 e. The number of rotatable bonds is 5. The predicted molar refractivity (Wildman–Crippen MR) is 125 cm³/mol. The van der Waals surface area contributed by atoms with Crippen molar-refractivity contribution in [2.75, 3.05) is 11.9 Å². The molecule has 0 bridgehead atoms. The summed E-state index contributed by atoms with van der Waals surface area (Å²) in [6, 6.07) is 13.8. The van der Waals surface area contributed by atoms with Gasteiger partial charge in [0.25, 0.3) is 0 Å². The van der Waals surface area contributed by atoms with E-state index < -0.39 is 0 Å². The Labute approximate surface area is 188 Å². The van der Waals surface area contributed by atoms with Crippen LogP contribution in [0.4, 0.5) is 5.69 Å². The molecular formula is C23H24BrN3O2S. The molecule has 0 spiro atoms. The van der Waals surface area contributed by atoms with Gasteiger partial charge < -0.3 is 10.6 Å². The van der Waals surface area contributed by atoms with Crippen LogP contribution in [0, 0.1) is 12.8 Å². The SMILES string of the molecule is Cc1cc(Br)ccc1NC(=O)CNC(=O)[C@H]1CCCC[C@@H]1c1nc2ccccc2s1. The minimum absolute atomic E-state index is 0.0304. The number of halogens is 1. The van der Waals surface area contributed by atoms with Gasteiger partial charge in [-0.2, -0.15) is 0 Å². The molecule has 0 aliphatic heterocycles. The molecule has 7 heteroatoms. The van der Waals surface area contributed by atoms with E-state index in [0.717, 1.165) is 56.6 Å². The molecule has 4 rings (SSSR count). The van der Waals surface area contributed by atoms with E-state index in [-0.39, 0.29) is 30.2 Å². The molecule has 1 aliphatic rings. The molecule has 5 nitrogen and oxygen atoms in total. The lowest BCUT2D eigenvalue weighted by Crippen LogP contribution is -2.39. The highest BCUT2D eigenvalue weighted by Gasteiger charge is 2.34. The molecule has 3 aromatic rings. The molecule has 1 aliphatic carbocycles. The summed E-state index contributed by atoms with van der Waals surface area (Å²) >= 11 is 5.10. The zero-order valence-corrected chi connectivity index (χ0v) is 19.2. The fraction of sp³-hybridized carbons (Fsp3) is 0.348.